The number of carbonyl (C=O) groups is 2. The lowest BCUT2D eigenvalue weighted by Gasteiger charge is -2.22. The van der Waals surface area contributed by atoms with Crippen LogP contribution < -0.4 is 0 Å². The van der Waals surface area contributed by atoms with Crippen LogP contribution in [0.25, 0.3) is 0 Å². The molecule has 0 saturated heterocycles. The summed E-state index contributed by atoms with van der Waals surface area (Å²) in [7, 11) is 1.70. The van der Waals surface area contributed by atoms with Crippen molar-refractivity contribution in [1.82, 2.24) is 9.80 Å². The number of carbonyl (C=O) groups excluding carboxylic acids is 1. The molecule has 0 atom stereocenters. The van der Waals surface area contributed by atoms with Gasteiger partial charge in [-0.3, -0.25) is 9.69 Å². The summed E-state index contributed by atoms with van der Waals surface area (Å²) >= 11 is 0. The molecule has 5 heteroatoms. The summed E-state index contributed by atoms with van der Waals surface area (Å²) in [5.41, 5.74) is 0.0925. The topological polar surface area (TPSA) is 60.9 Å². The Balaban J connectivity index is 4.14. The van der Waals surface area contributed by atoms with E-state index in [1.165, 1.54) is 0 Å². The van der Waals surface area contributed by atoms with Gasteiger partial charge in [-0.25, -0.2) is 4.79 Å². The second-order valence-electron chi connectivity index (χ2n) is 3.65. The lowest BCUT2D eigenvalue weighted by molar-refractivity contribution is -0.134. The molecule has 0 radical (unpaired) electrons. The van der Waals surface area contributed by atoms with Gasteiger partial charge in [-0.15, -0.1) is 0 Å². The number of carboxylic acid groups (broad SMARTS) is 1. The first-order valence-corrected chi connectivity index (χ1v) is 5.29. The van der Waals surface area contributed by atoms with Crippen LogP contribution in [-0.4, -0.2) is 60.0 Å². The van der Waals surface area contributed by atoms with E-state index in [0.29, 0.717) is 13.1 Å². The van der Waals surface area contributed by atoms with Crippen molar-refractivity contribution in [2.75, 3.05) is 33.2 Å². The smallest absolute Gasteiger partial charge is 0.332 e. The van der Waals surface area contributed by atoms with Gasteiger partial charge in [0, 0.05) is 25.2 Å². The van der Waals surface area contributed by atoms with E-state index < -0.39 is 5.97 Å². The third-order valence-electron chi connectivity index (χ3n) is 2.28. The molecule has 0 aromatic rings. The molecule has 16 heavy (non-hydrogen) atoms. The molecule has 1 amide bonds. The number of likely N-dealkylation sites (N-methyl/N-ethyl adjacent to an activating group) is 2. The largest absolute Gasteiger partial charge is 0.478 e. The van der Waals surface area contributed by atoms with Gasteiger partial charge in [-0.2, -0.15) is 0 Å². The predicted molar refractivity (Wildman–Crippen MR) is 62.2 cm³/mol. The van der Waals surface area contributed by atoms with E-state index in [1.54, 1.807) is 16.8 Å². The summed E-state index contributed by atoms with van der Waals surface area (Å²) in [4.78, 5) is 25.6. The van der Waals surface area contributed by atoms with E-state index in [2.05, 4.69) is 6.58 Å². The van der Waals surface area contributed by atoms with Crippen LogP contribution in [0.15, 0.2) is 12.2 Å². The second kappa shape index (κ2) is 7.00. The van der Waals surface area contributed by atoms with Crippen LogP contribution in [0, 0.1) is 0 Å². The maximum absolute atomic E-state index is 11.7. The van der Waals surface area contributed by atoms with Gasteiger partial charge in [0.15, 0.2) is 0 Å². The molecule has 0 aromatic heterocycles. The molecule has 0 aliphatic carbocycles. The summed E-state index contributed by atoms with van der Waals surface area (Å²) in [6.07, 6.45) is 0. The highest BCUT2D eigenvalue weighted by atomic mass is 16.4. The van der Waals surface area contributed by atoms with E-state index in [4.69, 9.17) is 5.11 Å². The van der Waals surface area contributed by atoms with Crippen molar-refractivity contribution in [2.24, 2.45) is 0 Å². The molecule has 0 unspecified atom stereocenters. The highest BCUT2D eigenvalue weighted by Gasteiger charge is 2.14. The van der Waals surface area contributed by atoms with Gasteiger partial charge in [0.2, 0.25) is 5.91 Å². The van der Waals surface area contributed by atoms with Crippen LogP contribution in [0.2, 0.25) is 0 Å². The van der Waals surface area contributed by atoms with Gasteiger partial charge in [0.05, 0.1) is 6.54 Å². The summed E-state index contributed by atoms with van der Waals surface area (Å²) in [6.45, 7) is 9.00. The molecule has 0 aliphatic rings. The normalized spacial score (nSPS) is 10.2. The van der Waals surface area contributed by atoms with E-state index in [-0.39, 0.29) is 24.6 Å². The van der Waals surface area contributed by atoms with Crippen molar-refractivity contribution in [3.8, 4) is 0 Å². The Kier molecular flexibility index (Phi) is 6.41. The monoisotopic (exact) mass is 228 g/mol. The molecule has 0 rings (SSSR count). The van der Waals surface area contributed by atoms with Crippen LogP contribution in [0.5, 0.6) is 0 Å². The van der Waals surface area contributed by atoms with E-state index in [0.717, 1.165) is 0 Å². The molecule has 0 bridgehead atoms. The van der Waals surface area contributed by atoms with Crippen LogP contribution in [0.4, 0.5) is 0 Å². The molecule has 92 valence electrons. The maximum Gasteiger partial charge on any atom is 0.332 e. The highest BCUT2D eigenvalue weighted by Crippen LogP contribution is 1.97. The molecule has 1 N–H and O–H groups in total. The number of carboxylic acids is 1. The van der Waals surface area contributed by atoms with E-state index in [1.807, 2.05) is 13.8 Å². The fraction of sp³-hybridized carbons (Fsp3) is 0.636. The summed E-state index contributed by atoms with van der Waals surface area (Å²) in [5.74, 6) is -1.02. The molecular formula is C11H20N2O3. The van der Waals surface area contributed by atoms with Crippen molar-refractivity contribution in [3.05, 3.63) is 12.2 Å². The lowest BCUT2D eigenvalue weighted by Crippen LogP contribution is -2.39. The Bertz CT molecular complexity index is 272. The van der Waals surface area contributed by atoms with Crippen molar-refractivity contribution in [1.29, 1.82) is 0 Å². The third-order valence-corrected chi connectivity index (χ3v) is 2.28. The van der Waals surface area contributed by atoms with Crippen LogP contribution in [0.3, 0.4) is 0 Å². The van der Waals surface area contributed by atoms with Crippen molar-refractivity contribution in [2.45, 2.75) is 13.8 Å². The molecule has 0 heterocycles. The fourth-order valence-electron chi connectivity index (χ4n) is 1.36. The zero-order valence-electron chi connectivity index (χ0n) is 10.2. The molecule has 0 saturated carbocycles. The summed E-state index contributed by atoms with van der Waals surface area (Å²) < 4.78 is 0. The van der Waals surface area contributed by atoms with Crippen LogP contribution >= 0.6 is 0 Å². The van der Waals surface area contributed by atoms with Gasteiger partial charge in [0.1, 0.15) is 0 Å². The SMILES string of the molecule is C=C(CN(C)CC(=O)N(CC)CC)C(=O)O. The molecular weight excluding hydrogens is 208 g/mol. The van der Waals surface area contributed by atoms with E-state index >= 15 is 0 Å². The minimum absolute atomic E-state index is 0.00527. The Morgan fingerprint density at radius 3 is 2.06 bits per heavy atom. The lowest BCUT2D eigenvalue weighted by atomic mass is 10.3. The standard InChI is InChI=1S/C11H20N2O3/c1-5-13(6-2)10(14)8-12(4)7-9(3)11(15)16/h3,5-8H2,1-2,4H3,(H,15,16). The first-order valence-electron chi connectivity index (χ1n) is 5.29. The highest BCUT2D eigenvalue weighted by molar-refractivity contribution is 5.86. The average molecular weight is 228 g/mol. The number of hydrogen-bond donors (Lipinski definition) is 1. The minimum Gasteiger partial charge on any atom is -0.478 e. The van der Waals surface area contributed by atoms with Crippen LogP contribution in [0.1, 0.15) is 13.8 Å². The first kappa shape index (κ1) is 14.6. The number of rotatable bonds is 7. The molecule has 0 fully saturated rings. The predicted octanol–water partition coefficient (Wildman–Crippen LogP) is 0.427. The molecule has 0 spiro atoms. The fourth-order valence-corrected chi connectivity index (χ4v) is 1.36. The summed E-state index contributed by atoms with van der Waals surface area (Å²) in [6, 6.07) is 0. The van der Waals surface area contributed by atoms with Gasteiger partial charge >= 0.3 is 5.97 Å². The Hall–Kier alpha value is -1.36. The zero-order chi connectivity index (χ0) is 12.7. The molecule has 0 aromatic carbocycles. The first-order chi connectivity index (χ1) is 7.42. The van der Waals surface area contributed by atoms with Gasteiger partial charge in [0.25, 0.3) is 0 Å². The number of hydrogen-bond acceptors (Lipinski definition) is 3. The van der Waals surface area contributed by atoms with Crippen molar-refractivity contribution < 1.29 is 14.7 Å². The zero-order valence-corrected chi connectivity index (χ0v) is 10.2. The Morgan fingerprint density at radius 2 is 1.69 bits per heavy atom. The minimum atomic E-state index is -1.03. The van der Waals surface area contributed by atoms with Crippen molar-refractivity contribution >= 4 is 11.9 Å². The molecule has 5 nitrogen and oxygen atoms in total. The average Bonchev–Trinajstić information content (AvgIpc) is 2.18. The van der Waals surface area contributed by atoms with Gasteiger partial charge in [-0.1, -0.05) is 6.58 Å². The molecule has 0 aliphatic heterocycles. The third kappa shape index (κ3) is 4.93. The number of nitrogens with zero attached hydrogens (tertiary/aromatic N) is 2. The van der Waals surface area contributed by atoms with Gasteiger partial charge < -0.3 is 10.0 Å². The number of amides is 1. The van der Waals surface area contributed by atoms with Gasteiger partial charge in [-0.05, 0) is 20.9 Å². The van der Waals surface area contributed by atoms with Crippen molar-refractivity contribution in [3.63, 3.8) is 0 Å². The Morgan fingerprint density at radius 1 is 1.19 bits per heavy atom. The maximum atomic E-state index is 11.7. The van der Waals surface area contributed by atoms with Crippen LogP contribution in [-0.2, 0) is 9.59 Å². The summed E-state index contributed by atoms with van der Waals surface area (Å²) in [5, 5.41) is 8.64. The van der Waals surface area contributed by atoms with E-state index in [9.17, 15) is 9.59 Å². The Labute approximate surface area is 96.3 Å². The number of aliphatic carboxylic acids is 1. The quantitative estimate of drug-likeness (QED) is 0.642. The second-order valence-corrected chi connectivity index (χ2v) is 3.65.